The third kappa shape index (κ3) is 2.90. The normalized spacial score (nSPS) is 12.7. The number of hydrogen-bond donors (Lipinski definition) is 1. The highest BCUT2D eigenvalue weighted by atomic mass is 79.9. The van der Waals surface area contributed by atoms with Crippen molar-refractivity contribution in [2.24, 2.45) is 0 Å². The van der Waals surface area contributed by atoms with Gasteiger partial charge in [-0.2, -0.15) is 5.10 Å². The zero-order chi connectivity index (χ0) is 14.7. The first kappa shape index (κ1) is 15.5. The summed E-state index contributed by atoms with van der Waals surface area (Å²) in [5.74, 6) is -0.291. The Morgan fingerprint density at radius 3 is 2.90 bits per heavy atom. The molecule has 20 heavy (non-hydrogen) atoms. The Balaban J connectivity index is 2.52. The Bertz CT molecular complexity index is 600. The lowest BCUT2D eigenvalue weighted by Crippen LogP contribution is -2.22. The fraction of sp³-hybridized carbons (Fsp3) is 0.357. The monoisotopic (exact) mass is 359 g/mol. The highest BCUT2D eigenvalue weighted by Crippen LogP contribution is 2.33. The fourth-order valence-electron chi connectivity index (χ4n) is 2.23. The van der Waals surface area contributed by atoms with Gasteiger partial charge in [-0.3, -0.25) is 4.68 Å². The van der Waals surface area contributed by atoms with Crippen molar-refractivity contribution >= 4 is 27.5 Å². The van der Waals surface area contributed by atoms with Crippen LogP contribution in [0.3, 0.4) is 0 Å². The Morgan fingerprint density at radius 1 is 1.50 bits per heavy atom. The third-order valence-electron chi connectivity index (χ3n) is 3.12. The molecule has 6 heteroatoms. The maximum Gasteiger partial charge on any atom is 0.137 e. The summed E-state index contributed by atoms with van der Waals surface area (Å²) in [5, 5.41) is 8.05. The Labute approximate surface area is 131 Å². The van der Waals surface area contributed by atoms with Crippen LogP contribution < -0.4 is 5.32 Å². The Morgan fingerprint density at radius 2 is 2.25 bits per heavy atom. The van der Waals surface area contributed by atoms with Gasteiger partial charge in [0.15, 0.2) is 0 Å². The molecule has 0 radical (unpaired) electrons. The van der Waals surface area contributed by atoms with Crippen molar-refractivity contribution in [3.63, 3.8) is 0 Å². The number of hydrogen-bond acceptors (Lipinski definition) is 2. The molecule has 2 aromatic rings. The third-order valence-corrected chi connectivity index (χ3v) is 4.25. The molecule has 2 rings (SSSR count). The number of halogens is 3. The van der Waals surface area contributed by atoms with Crippen LogP contribution in [0.4, 0.5) is 4.39 Å². The lowest BCUT2D eigenvalue weighted by Gasteiger charge is -2.20. The summed E-state index contributed by atoms with van der Waals surface area (Å²) in [7, 11) is 1.82. The molecule has 0 bridgehead atoms. The van der Waals surface area contributed by atoms with E-state index >= 15 is 0 Å². The van der Waals surface area contributed by atoms with Crippen molar-refractivity contribution < 1.29 is 4.39 Å². The summed E-state index contributed by atoms with van der Waals surface area (Å²) in [5.41, 5.74) is 1.65. The van der Waals surface area contributed by atoms with Gasteiger partial charge in [-0.1, -0.05) is 30.7 Å². The molecule has 108 valence electrons. The number of benzene rings is 1. The summed E-state index contributed by atoms with van der Waals surface area (Å²) < 4.78 is 16.0. The smallest absolute Gasteiger partial charge is 0.137 e. The number of rotatable bonds is 5. The molecule has 1 N–H and O–H groups in total. The van der Waals surface area contributed by atoms with Crippen LogP contribution in [0.5, 0.6) is 0 Å². The molecule has 0 amide bonds. The first-order valence-electron chi connectivity index (χ1n) is 6.42. The van der Waals surface area contributed by atoms with Crippen LogP contribution in [0.15, 0.2) is 28.9 Å². The van der Waals surface area contributed by atoms with Crippen molar-refractivity contribution in [2.45, 2.75) is 25.9 Å². The molecule has 0 aliphatic heterocycles. The molecule has 1 heterocycles. The molecule has 0 fully saturated rings. The van der Waals surface area contributed by atoms with Gasteiger partial charge in [-0.15, -0.1) is 0 Å². The quantitative estimate of drug-likeness (QED) is 0.868. The first-order chi connectivity index (χ1) is 9.60. The summed E-state index contributed by atoms with van der Waals surface area (Å²) in [4.78, 5) is 0. The molecule has 0 aliphatic carbocycles. The molecule has 0 saturated heterocycles. The SMILES string of the molecule is CCCn1ncc(Cl)c1C(NC)c1cccc(F)c1Br. The van der Waals surface area contributed by atoms with Gasteiger partial charge in [0.1, 0.15) is 5.82 Å². The summed E-state index contributed by atoms with van der Waals surface area (Å²) in [6.45, 7) is 2.85. The average Bonchev–Trinajstić information content (AvgIpc) is 2.78. The van der Waals surface area contributed by atoms with Gasteiger partial charge in [-0.05, 0) is 41.0 Å². The first-order valence-corrected chi connectivity index (χ1v) is 7.59. The van der Waals surface area contributed by atoms with Crippen molar-refractivity contribution in [1.82, 2.24) is 15.1 Å². The van der Waals surface area contributed by atoms with Gasteiger partial charge in [-0.25, -0.2) is 4.39 Å². The highest BCUT2D eigenvalue weighted by Gasteiger charge is 2.23. The minimum Gasteiger partial charge on any atom is -0.308 e. The lowest BCUT2D eigenvalue weighted by molar-refractivity contribution is 0.531. The van der Waals surface area contributed by atoms with Crippen LogP contribution >= 0.6 is 27.5 Å². The number of aromatic nitrogens is 2. The summed E-state index contributed by atoms with van der Waals surface area (Å²) >= 11 is 9.57. The maximum absolute atomic E-state index is 13.7. The standard InChI is InChI=1S/C14H16BrClFN3/c1-3-7-20-14(10(16)8-19-20)13(18-2)9-5-4-6-11(17)12(9)15/h4-6,8,13,18H,3,7H2,1-2H3. The molecule has 1 aromatic carbocycles. The van der Waals surface area contributed by atoms with Crippen LogP contribution in [0.2, 0.25) is 5.02 Å². The Hall–Kier alpha value is -0.910. The van der Waals surface area contributed by atoms with E-state index in [1.165, 1.54) is 6.07 Å². The van der Waals surface area contributed by atoms with E-state index in [2.05, 4.69) is 33.3 Å². The van der Waals surface area contributed by atoms with E-state index in [0.717, 1.165) is 24.2 Å². The number of aryl methyl sites for hydroxylation is 1. The molecular weight excluding hydrogens is 345 g/mol. The summed E-state index contributed by atoms with van der Waals surface area (Å²) in [6.07, 6.45) is 2.58. The van der Waals surface area contributed by atoms with Crippen LogP contribution in [-0.4, -0.2) is 16.8 Å². The molecular formula is C14H16BrClFN3. The minimum absolute atomic E-state index is 0.221. The van der Waals surface area contributed by atoms with Crippen molar-refractivity contribution in [1.29, 1.82) is 0 Å². The average molecular weight is 361 g/mol. The van der Waals surface area contributed by atoms with Gasteiger partial charge < -0.3 is 5.32 Å². The Kier molecular flexibility index (Phi) is 5.18. The predicted octanol–water partition coefficient (Wildman–Crippen LogP) is 4.16. The molecule has 3 nitrogen and oxygen atoms in total. The van der Waals surface area contributed by atoms with Crippen molar-refractivity contribution in [3.05, 3.63) is 51.0 Å². The summed E-state index contributed by atoms with van der Waals surface area (Å²) in [6, 6.07) is 4.76. The fourth-order valence-corrected chi connectivity index (χ4v) is 2.98. The van der Waals surface area contributed by atoms with Gasteiger partial charge in [0.2, 0.25) is 0 Å². The number of nitrogens with zero attached hydrogens (tertiary/aromatic N) is 2. The highest BCUT2D eigenvalue weighted by molar-refractivity contribution is 9.10. The van der Waals surface area contributed by atoms with Crippen LogP contribution in [0.25, 0.3) is 0 Å². The topological polar surface area (TPSA) is 29.9 Å². The second kappa shape index (κ2) is 6.70. The van der Waals surface area contributed by atoms with E-state index < -0.39 is 0 Å². The van der Waals surface area contributed by atoms with E-state index in [1.807, 2.05) is 17.8 Å². The van der Waals surface area contributed by atoms with Crippen LogP contribution in [0, 0.1) is 5.82 Å². The van der Waals surface area contributed by atoms with E-state index in [9.17, 15) is 4.39 Å². The van der Waals surface area contributed by atoms with E-state index in [0.29, 0.717) is 9.50 Å². The molecule has 1 unspecified atom stereocenters. The van der Waals surface area contributed by atoms with Gasteiger partial charge >= 0.3 is 0 Å². The van der Waals surface area contributed by atoms with Crippen LogP contribution in [0.1, 0.15) is 30.6 Å². The molecule has 0 saturated carbocycles. The van der Waals surface area contributed by atoms with E-state index in [4.69, 9.17) is 11.6 Å². The van der Waals surface area contributed by atoms with Crippen LogP contribution in [-0.2, 0) is 6.54 Å². The predicted molar refractivity (Wildman–Crippen MR) is 82.5 cm³/mol. The zero-order valence-electron chi connectivity index (χ0n) is 11.3. The van der Waals surface area contributed by atoms with Crippen molar-refractivity contribution in [3.8, 4) is 0 Å². The van der Waals surface area contributed by atoms with Gasteiger partial charge in [0.05, 0.1) is 27.4 Å². The maximum atomic E-state index is 13.7. The van der Waals surface area contributed by atoms with E-state index in [1.54, 1.807) is 12.3 Å². The molecule has 1 aromatic heterocycles. The zero-order valence-corrected chi connectivity index (χ0v) is 13.7. The molecule has 0 spiro atoms. The van der Waals surface area contributed by atoms with E-state index in [-0.39, 0.29) is 11.9 Å². The minimum atomic E-state index is -0.291. The molecule has 0 aliphatic rings. The second-order valence-electron chi connectivity index (χ2n) is 4.47. The largest absolute Gasteiger partial charge is 0.308 e. The lowest BCUT2D eigenvalue weighted by atomic mass is 10.0. The van der Waals surface area contributed by atoms with Crippen molar-refractivity contribution in [2.75, 3.05) is 7.05 Å². The second-order valence-corrected chi connectivity index (χ2v) is 5.67. The van der Waals surface area contributed by atoms with Gasteiger partial charge in [0, 0.05) is 6.54 Å². The number of nitrogens with one attached hydrogen (secondary N) is 1. The van der Waals surface area contributed by atoms with Gasteiger partial charge in [0.25, 0.3) is 0 Å². The molecule has 1 atom stereocenters.